The Kier molecular flexibility index (Phi) is 3.69. The lowest BCUT2D eigenvalue weighted by Gasteiger charge is -2.07. The quantitative estimate of drug-likeness (QED) is 0.732. The Morgan fingerprint density at radius 1 is 1.00 bits per heavy atom. The topological polar surface area (TPSA) is 17.1 Å². The first-order valence-corrected chi connectivity index (χ1v) is 6.00. The molecule has 0 amide bonds. The number of ketones is 1. The average Bonchev–Trinajstić information content (AvgIpc) is 2.31. The highest BCUT2D eigenvalue weighted by Crippen LogP contribution is 2.22. The molecule has 0 unspecified atom stereocenters. The fourth-order valence-corrected chi connectivity index (χ4v) is 2.10. The number of aryl methyl sites for hydroxylation is 1. The van der Waals surface area contributed by atoms with Crippen molar-refractivity contribution in [2.45, 2.75) is 6.92 Å². The lowest BCUT2D eigenvalue weighted by Crippen LogP contribution is -2.06. The number of carbonyl (C=O) groups excluding carboxylic acids is 1. The van der Waals surface area contributed by atoms with Crippen LogP contribution in [0.3, 0.4) is 0 Å². The molecule has 0 aliphatic rings. The Bertz CT molecular complexity index is 623. The van der Waals surface area contributed by atoms with Crippen molar-refractivity contribution in [1.82, 2.24) is 0 Å². The summed E-state index contributed by atoms with van der Waals surface area (Å²) in [6, 6.07) is 8.76. The molecule has 0 N–H and O–H groups in total. The van der Waals surface area contributed by atoms with Crippen LogP contribution in [0.1, 0.15) is 21.5 Å². The summed E-state index contributed by atoms with van der Waals surface area (Å²) >= 11 is 11.6. The van der Waals surface area contributed by atoms with Crippen molar-refractivity contribution in [2.75, 3.05) is 0 Å². The molecule has 0 aliphatic carbocycles. The van der Waals surface area contributed by atoms with Crippen LogP contribution in [0.25, 0.3) is 0 Å². The van der Waals surface area contributed by atoms with Gasteiger partial charge in [0.25, 0.3) is 0 Å². The minimum atomic E-state index is -0.584. The van der Waals surface area contributed by atoms with Crippen LogP contribution in [0.4, 0.5) is 4.39 Å². The third-order valence-electron chi connectivity index (χ3n) is 2.61. The van der Waals surface area contributed by atoms with Crippen molar-refractivity contribution in [2.24, 2.45) is 0 Å². The Balaban J connectivity index is 2.51. The number of hydrogen-bond donors (Lipinski definition) is 0. The summed E-state index contributed by atoms with van der Waals surface area (Å²) in [4.78, 5) is 12.2. The molecule has 1 nitrogen and oxygen atoms in total. The van der Waals surface area contributed by atoms with Gasteiger partial charge in [0.1, 0.15) is 5.82 Å². The van der Waals surface area contributed by atoms with Gasteiger partial charge in [0.2, 0.25) is 0 Å². The van der Waals surface area contributed by atoms with Gasteiger partial charge in [-0.2, -0.15) is 0 Å². The Morgan fingerprint density at radius 3 is 2.28 bits per heavy atom. The molecular weight excluding hydrogens is 274 g/mol. The van der Waals surface area contributed by atoms with Crippen molar-refractivity contribution in [3.05, 3.63) is 69.0 Å². The Hall–Kier alpha value is -1.38. The van der Waals surface area contributed by atoms with E-state index in [9.17, 15) is 9.18 Å². The van der Waals surface area contributed by atoms with Crippen LogP contribution in [0.15, 0.2) is 36.4 Å². The van der Waals surface area contributed by atoms with E-state index in [4.69, 9.17) is 23.2 Å². The van der Waals surface area contributed by atoms with Gasteiger partial charge in [-0.05, 0) is 48.9 Å². The summed E-state index contributed by atoms with van der Waals surface area (Å²) in [5.41, 5.74) is 1.08. The fourth-order valence-electron chi connectivity index (χ4n) is 1.70. The van der Waals surface area contributed by atoms with Crippen LogP contribution < -0.4 is 0 Å². The van der Waals surface area contributed by atoms with Gasteiger partial charge in [0.05, 0.1) is 5.56 Å². The van der Waals surface area contributed by atoms with Crippen molar-refractivity contribution in [3.63, 3.8) is 0 Å². The third kappa shape index (κ3) is 2.55. The number of halogens is 3. The predicted octanol–water partition coefficient (Wildman–Crippen LogP) is 4.67. The third-order valence-corrected chi connectivity index (χ3v) is 3.08. The molecule has 0 spiro atoms. The van der Waals surface area contributed by atoms with Crippen LogP contribution in [-0.4, -0.2) is 5.78 Å². The second kappa shape index (κ2) is 5.09. The molecule has 18 heavy (non-hydrogen) atoms. The number of rotatable bonds is 2. The summed E-state index contributed by atoms with van der Waals surface area (Å²) in [6.45, 7) is 1.75. The fraction of sp³-hybridized carbons (Fsp3) is 0.0714. The van der Waals surface area contributed by atoms with E-state index in [1.807, 2.05) is 0 Å². The molecule has 0 fully saturated rings. The van der Waals surface area contributed by atoms with Crippen molar-refractivity contribution >= 4 is 29.0 Å². The molecule has 2 aromatic carbocycles. The standard InChI is InChI=1S/C14H9Cl2FO/c1-8-6-9(15)2-4-11(8)14(18)12-7-10(16)3-5-13(12)17/h2-7H,1H3. The van der Waals surface area contributed by atoms with Crippen LogP contribution in [0.5, 0.6) is 0 Å². The molecule has 0 aromatic heterocycles. The van der Waals surface area contributed by atoms with Gasteiger partial charge in [-0.15, -0.1) is 0 Å². The zero-order valence-corrected chi connectivity index (χ0v) is 11.0. The highest BCUT2D eigenvalue weighted by molar-refractivity contribution is 6.31. The maximum Gasteiger partial charge on any atom is 0.196 e. The minimum absolute atomic E-state index is 0.0343. The van der Waals surface area contributed by atoms with Crippen LogP contribution in [0, 0.1) is 12.7 Å². The van der Waals surface area contributed by atoms with E-state index in [0.717, 1.165) is 0 Å². The van der Waals surface area contributed by atoms with Crippen molar-refractivity contribution in [3.8, 4) is 0 Å². The smallest absolute Gasteiger partial charge is 0.196 e. The van der Waals surface area contributed by atoms with Gasteiger partial charge in [0, 0.05) is 15.6 Å². The van der Waals surface area contributed by atoms with Gasteiger partial charge in [-0.25, -0.2) is 4.39 Å². The van der Waals surface area contributed by atoms with Gasteiger partial charge < -0.3 is 0 Å². The van der Waals surface area contributed by atoms with Crippen LogP contribution >= 0.6 is 23.2 Å². The monoisotopic (exact) mass is 282 g/mol. The first-order chi connectivity index (χ1) is 8.49. The van der Waals surface area contributed by atoms with Gasteiger partial charge in [-0.1, -0.05) is 23.2 Å². The molecule has 0 saturated carbocycles. The molecule has 0 heterocycles. The lowest BCUT2D eigenvalue weighted by molar-refractivity contribution is 0.103. The molecule has 2 rings (SSSR count). The summed E-state index contributed by atoms with van der Waals surface area (Å²) in [5, 5.41) is 0.863. The van der Waals surface area contributed by atoms with Gasteiger partial charge in [-0.3, -0.25) is 4.79 Å². The molecule has 0 bridgehead atoms. The second-order valence-electron chi connectivity index (χ2n) is 3.91. The first-order valence-electron chi connectivity index (χ1n) is 5.25. The number of benzene rings is 2. The first kappa shape index (κ1) is 13.1. The molecule has 4 heteroatoms. The summed E-state index contributed by atoms with van der Waals surface area (Å²) in [6.07, 6.45) is 0. The molecule has 0 aliphatic heterocycles. The average molecular weight is 283 g/mol. The summed E-state index contributed by atoms with van der Waals surface area (Å²) < 4.78 is 13.6. The Labute approximate surface area is 114 Å². The highest BCUT2D eigenvalue weighted by Gasteiger charge is 2.16. The maximum absolute atomic E-state index is 13.6. The second-order valence-corrected chi connectivity index (χ2v) is 4.79. The van der Waals surface area contributed by atoms with E-state index < -0.39 is 11.6 Å². The molecule has 92 valence electrons. The molecule has 0 atom stereocenters. The zero-order chi connectivity index (χ0) is 13.3. The minimum Gasteiger partial charge on any atom is -0.288 e. The van der Waals surface area contributed by atoms with E-state index in [1.165, 1.54) is 18.2 Å². The molecule has 0 radical (unpaired) electrons. The maximum atomic E-state index is 13.6. The van der Waals surface area contributed by atoms with E-state index in [-0.39, 0.29) is 5.56 Å². The van der Waals surface area contributed by atoms with Crippen molar-refractivity contribution in [1.29, 1.82) is 0 Å². The largest absolute Gasteiger partial charge is 0.288 e. The van der Waals surface area contributed by atoms with Crippen molar-refractivity contribution < 1.29 is 9.18 Å². The van der Waals surface area contributed by atoms with Gasteiger partial charge in [0.15, 0.2) is 5.78 Å². The normalized spacial score (nSPS) is 10.4. The Morgan fingerprint density at radius 2 is 1.61 bits per heavy atom. The van der Waals surface area contributed by atoms with Crippen LogP contribution in [0.2, 0.25) is 10.0 Å². The van der Waals surface area contributed by atoms with Gasteiger partial charge >= 0.3 is 0 Å². The lowest BCUT2D eigenvalue weighted by atomic mass is 9.99. The summed E-state index contributed by atoms with van der Waals surface area (Å²) in [5.74, 6) is -0.983. The SMILES string of the molecule is Cc1cc(Cl)ccc1C(=O)c1cc(Cl)ccc1F. The van der Waals surface area contributed by atoms with E-state index in [0.29, 0.717) is 21.2 Å². The van der Waals surface area contributed by atoms with E-state index in [1.54, 1.807) is 25.1 Å². The number of carbonyl (C=O) groups is 1. The summed E-state index contributed by atoms with van der Waals surface area (Å²) in [7, 11) is 0. The molecular formula is C14H9Cl2FO. The zero-order valence-electron chi connectivity index (χ0n) is 9.51. The predicted molar refractivity (Wildman–Crippen MR) is 71.0 cm³/mol. The van der Waals surface area contributed by atoms with Crippen LogP contribution in [-0.2, 0) is 0 Å². The molecule has 2 aromatic rings. The highest BCUT2D eigenvalue weighted by atomic mass is 35.5. The molecule has 0 saturated heterocycles. The number of hydrogen-bond acceptors (Lipinski definition) is 1. The van der Waals surface area contributed by atoms with E-state index >= 15 is 0 Å². The van der Waals surface area contributed by atoms with E-state index in [2.05, 4.69) is 0 Å².